The maximum absolute atomic E-state index is 14.0. The molecule has 9 heteroatoms. The van der Waals surface area contributed by atoms with E-state index in [0.29, 0.717) is 22.8 Å². The maximum Gasteiger partial charge on any atom is 0.244 e. The molecule has 0 aliphatic carbocycles. The van der Waals surface area contributed by atoms with Crippen molar-refractivity contribution < 1.29 is 18.0 Å². The number of nitrogens with one attached hydrogen (secondary N) is 1. The quantitative estimate of drug-likeness (QED) is 0.354. The first-order chi connectivity index (χ1) is 18.1. The average Bonchev–Trinajstić information content (AvgIpc) is 2.88. The fraction of sp³-hybridized carbons (Fsp3) is 0.310. The molecule has 0 saturated carbocycles. The van der Waals surface area contributed by atoms with Gasteiger partial charge in [0.15, 0.2) is 0 Å². The minimum absolute atomic E-state index is 0.0851. The van der Waals surface area contributed by atoms with Gasteiger partial charge in [0, 0.05) is 24.5 Å². The third-order valence-electron chi connectivity index (χ3n) is 6.13. The lowest BCUT2D eigenvalue weighted by molar-refractivity contribution is -0.140. The van der Waals surface area contributed by atoms with Crippen LogP contribution in [-0.2, 0) is 32.6 Å². The topological polar surface area (TPSA) is 86.8 Å². The number of hydrogen-bond donors (Lipinski definition) is 1. The number of aryl methyl sites for hydroxylation is 1. The zero-order chi connectivity index (χ0) is 27.7. The van der Waals surface area contributed by atoms with Crippen molar-refractivity contribution in [3.63, 3.8) is 0 Å². The van der Waals surface area contributed by atoms with E-state index in [-0.39, 0.29) is 18.9 Å². The molecule has 0 aromatic heterocycles. The number of benzene rings is 3. The van der Waals surface area contributed by atoms with Crippen molar-refractivity contribution in [3.8, 4) is 0 Å². The Kier molecular flexibility index (Phi) is 10.3. The van der Waals surface area contributed by atoms with Gasteiger partial charge in [-0.25, -0.2) is 8.42 Å². The third kappa shape index (κ3) is 8.07. The van der Waals surface area contributed by atoms with Gasteiger partial charge in [-0.1, -0.05) is 79.2 Å². The number of anilines is 1. The molecule has 0 bridgehead atoms. The van der Waals surface area contributed by atoms with Crippen molar-refractivity contribution in [2.24, 2.45) is 0 Å². The summed E-state index contributed by atoms with van der Waals surface area (Å²) in [6, 6.07) is 22.6. The Bertz CT molecular complexity index is 1350. The summed E-state index contributed by atoms with van der Waals surface area (Å²) in [4.78, 5) is 28.9. The Balaban J connectivity index is 2.05. The first-order valence-electron chi connectivity index (χ1n) is 12.5. The van der Waals surface area contributed by atoms with Crippen LogP contribution in [0, 0.1) is 6.92 Å². The minimum atomic E-state index is -3.80. The summed E-state index contributed by atoms with van der Waals surface area (Å²) in [5.41, 5.74) is 2.75. The lowest BCUT2D eigenvalue weighted by Crippen LogP contribution is -2.53. The van der Waals surface area contributed by atoms with Crippen LogP contribution in [0.2, 0.25) is 5.02 Å². The number of halogens is 1. The molecule has 0 unspecified atom stereocenters. The van der Waals surface area contributed by atoms with E-state index in [2.05, 4.69) is 5.32 Å². The molecule has 2 amide bonds. The van der Waals surface area contributed by atoms with E-state index in [9.17, 15) is 18.0 Å². The van der Waals surface area contributed by atoms with Gasteiger partial charge < -0.3 is 10.2 Å². The van der Waals surface area contributed by atoms with E-state index in [0.717, 1.165) is 28.1 Å². The average molecular weight is 556 g/mol. The summed E-state index contributed by atoms with van der Waals surface area (Å²) in [6.07, 6.45) is 2.08. The molecular formula is C29H34ClN3O4S. The van der Waals surface area contributed by atoms with Gasteiger partial charge >= 0.3 is 0 Å². The van der Waals surface area contributed by atoms with E-state index in [1.54, 1.807) is 49.4 Å². The van der Waals surface area contributed by atoms with Crippen molar-refractivity contribution in [1.29, 1.82) is 0 Å². The Hall–Kier alpha value is -3.36. The van der Waals surface area contributed by atoms with Crippen LogP contribution in [0.25, 0.3) is 0 Å². The highest BCUT2D eigenvalue weighted by Crippen LogP contribution is 2.24. The Morgan fingerprint density at radius 3 is 2.24 bits per heavy atom. The molecule has 38 heavy (non-hydrogen) atoms. The molecule has 3 rings (SSSR count). The first-order valence-corrected chi connectivity index (χ1v) is 14.7. The van der Waals surface area contributed by atoms with Crippen LogP contribution in [0.3, 0.4) is 0 Å². The van der Waals surface area contributed by atoms with Crippen LogP contribution in [0.1, 0.15) is 30.0 Å². The predicted octanol–water partition coefficient (Wildman–Crippen LogP) is 4.58. The minimum Gasteiger partial charge on any atom is -0.354 e. The monoisotopic (exact) mass is 555 g/mol. The lowest BCUT2D eigenvalue weighted by atomic mass is 10.0. The zero-order valence-corrected chi connectivity index (χ0v) is 23.5. The fourth-order valence-corrected chi connectivity index (χ4v) is 5.31. The summed E-state index contributed by atoms with van der Waals surface area (Å²) in [5.74, 6) is -0.792. The molecule has 202 valence electrons. The molecule has 0 aliphatic heterocycles. The van der Waals surface area contributed by atoms with Crippen LogP contribution >= 0.6 is 11.6 Å². The molecule has 0 heterocycles. The fourth-order valence-electron chi connectivity index (χ4n) is 4.19. The van der Waals surface area contributed by atoms with Crippen LogP contribution in [-0.4, -0.2) is 50.5 Å². The van der Waals surface area contributed by atoms with E-state index in [4.69, 9.17) is 11.6 Å². The maximum atomic E-state index is 14.0. The van der Waals surface area contributed by atoms with Gasteiger partial charge in [0.25, 0.3) is 0 Å². The highest BCUT2D eigenvalue weighted by atomic mass is 35.5. The van der Waals surface area contributed by atoms with Crippen molar-refractivity contribution >= 4 is 39.1 Å². The smallest absolute Gasteiger partial charge is 0.244 e. The molecule has 1 N–H and O–H groups in total. The van der Waals surface area contributed by atoms with Crippen LogP contribution in [0.4, 0.5) is 5.69 Å². The summed E-state index contributed by atoms with van der Waals surface area (Å²) in [7, 11) is -3.80. The number of carbonyl (C=O) groups is 2. The summed E-state index contributed by atoms with van der Waals surface area (Å²) < 4.78 is 26.8. The molecule has 0 saturated heterocycles. The second-order valence-corrected chi connectivity index (χ2v) is 11.5. The second-order valence-electron chi connectivity index (χ2n) is 9.20. The number of hydrogen-bond acceptors (Lipinski definition) is 4. The van der Waals surface area contributed by atoms with E-state index < -0.39 is 28.5 Å². The van der Waals surface area contributed by atoms with Crippen LogP contribution < -0.4 is 9.62 Å². The molecular weight excluding hydrogens is 522 g/mol. The highest BCUT2D eigenvalue weighted by molar-refractivity contribution is 7.92. The third-order valence-corrected chi connectivity index (χ3v) is 7.49. The van der Waals surface area contributed by atoms with E-state index in [1.807, 2.05) is 43.3 Å². The second kappa shape index (κ2) is 13.4. The van der Waals surface area contributed by atoms with Gasteiger partial charge in [0.2, 0.25) is 21.8 Å². The van der Waals surface area contributed by atoms with Gasteiger partial charge in [0.05, 0.1) is 11.9 Å². The van der Waals surface area contributed by atoms with Gasteiger partial charge in [-0.05, 0) is 48.2 Å². The Morgan fingerprint density at radius 2 is 1.61 bits per heavy atom. The molecule has 0 aliphatic rings. The van der Waals surface area contributed by atoms with Crippen molar-refractivity contribution in [2.45, 2.75) is 39.3 Å². The molecule has 7 nitrogen and oxygen atoms in total. The largest absolute Gasteiger partial charge is 0.354 e. The summed E-state index contributed by atoms with van der Waals surface area (Å²) in [6.45, 7) is 3.84. The standard InChI is InChI=1S/C29H34ClN3O4S/c1-4-17-31-29(35)27(19-23-12-6-5-7-13-23)32(20-24-14-10-15-25(30)18-24)28(34)21-33(38(3,36)37)26-16-9-8-11-22(26)2/h5-16,18,27H,4,17,19-21H2,1-3H3,(H,31,35)/t27-/m0/s1. The normalized spacial score (nSPS) is 12.0. The number of nitrogens with zero attached hydrogens (tertiary/aromatic N) is 2. The van der Waals surface area contributed by atoms with Crippen LogP contribution in [0.15, 0.2) is 78.9 Å². The van der Waals surface area contributed by atoms with Gasteiger partial charge in [-0.15, -0.1) is 0 Å². The molecule has 3 aromatic carbocycles. The van der Waals surface area contributed by atoms with Crippen molar-refractivity contribution in [2.75, 3.05) is 23.7 Å². The predicted molar refractivity (Wildman–Crippen MR) is 153 cm³/mol. The zero-order valence-electron chi connectivity index (χ0n) is 21.9. The number of amides is 2. The van der Waals surface area contributed by atoms with E-state index in [1.165, 1.54) is 4.90 Å². The molecule has 1 atom stereocenters. The molecule has 3 aromatic rings. The number of para-hydroxylation sites is 1. The Labute approximate surface area is 230 Å². The van der Waals surface area contributed by atoms with Gasteiger partial charge in [-0.2, -0.15) is 0 Å². The lowest BCUT2D eigenvalue weighted by Gasteiger charge is -2.33. The number of sulfonamides is 1. The highest BCUT2D eigenvalue weighted by Gasteiger charge is 2.33. The molecule has 0 fully saturated rings. The Morgan fingerprint density at radius 1 is 0.947 bits per heavy atom. The van der Waals surface area contributed by atoms with Gasteiger partial charge in [-0.3, -0.25) is 13.9 Å². The van der Waals surface area contributed by atoms with Gasteiger partial charge in [0.1, 0.15) is 12.6 Å². The summed E-state index contributed by atoms with van der Waals surface area (Å²) >= 11 is 6.22. The first kappa shape index (κ1) is 29.2. The number of rotatable bonds is 12. The van der Waals surface area contributed by atoms with E-state index >= 15 is 0 Å². The molecule has 0 spiro atoms. The van der Waals surface area contributed by atoms with Crippen molar-refractivity contribution in [3.05, 3.63) is 101 Å². The molecule has 0 radical (unpaired) electrons. The van der Waals surface area contributed by atoms with Crippen molar-refractivity contribution in [1.82, 2.24) is 10.2 Å². The number of carbonyl (C=O) groups excluding carboxylic acids is 2. The SMILES string of the molecule is CCCNC(=O)[C@H](Cc1ccccc1)N(Cc1cccc(Cl)c1)C(=O)CN(c1ccccc1C)S(C)(=O)=O. The summed E-state index contributed by atoms with van der Waals surface area (Å²) in [5, 5.41) is 3.42. The van der Waals surface area contributed by atoms with Crippen LogP contribution in [0.5, 0.6) is 0 Å².